The lowest BCUT2D eigenvalue weighted by Crippen LogP contribution is -2.19. The highest BCUT2D eigenvalue weighted by Gasteiger charge is 2.18. The van der Waals surface area contributed by atoms with Gasteiger partial charge in [0.2, 0.25) is 0 Å². The van der Waals surface area contributed by atoms with Crippen molar-refractivity contribution in [2.24, 2.45) is 5.73 Å². The summed E-state index contributed by atoms with van der Waals surface area (Å²) < 4.78 is 0. The van der Waals surface area contributed by atoms with Crippen LogP contribution in [-0.4, -0.2) is 24.6 Å². The molecule has 0 unspecified atom stereocenters. The summed E-state index contributed by atoms with van der Waals surface area (Å²) >= 11 is 0. The van der Waals surface area contributed by atoms with Crippen LogP contribution in [0, 0.1) is 10.1 Å². The van der Waals surface area contributed by atoms with Gasteiger partial charge in [0, 0.05) is 30.9 Å². The van der Waals surface area contributed by atoms with E-state index < -0.39 is 0 Å². The predicted octanol–water partition coefficient (Wildman–Crippen LogP) is 2.09. The minimum absolute atomic E-state index is 0.171. The summed E-state index contributed by atoms with van der Waals surface area (Å²) in [5, 5.41) is 10.8. The molecule has 0 aliphatic carbocycles. The zero-order chi connectivity index (χ0) is 13.0. The third kappa shape index (κ3) is 2.79. The summed E-state index contributed by atoms with van der Waals surface area (Å²) in [6.07, 6.45) is 4.08. The van der Waals surface area contributed by atoms with Crippen molar-refractivity contribution in [1.29, 1.82) is 0 Å². The summed E-state index contributed by atoms with van der Waals surface area (Å²) in [4.78, 5) is 12.8. The Balaban J connectivity index is 2.28. The fourth-order valence-electron chi connectivity index (χ4n) is 2.44. The average Bonchev–Trinajstić information content (AvgIpc) is 2.89. The molecule has 5 heteroatoms. The summed E-state index contributed by atoms with van der Waals surface area (Å²) in [6.45, 7) is 2.71. The lowest BCUT2D eigenvalue weighted by Gasteiger charge is -2.21. The first-order valence-corrected chi connectivity index (χ1v) is 6.44. The van der Waals surface area contributed by atoms with Gasteiger partial charge >= 0.3 is 0 Å². The molecule has 0 bridgehead atoms. The molecule has 1 aromatic rings. The van der Waals surface area contributed by atoms with Crippen molar-refractivity contribution in [3.05, 3.63) is 33.9 Å². The number of nitro groups is 1. The van der Waals surface area contributed by atoms with Gasteiger partial charge in [-0.3, -0.25) is 10.1 Å². The van der Waals surface area contributed by atoms with E-state index in [-0.39, 0.29) is 10.6 Å². The van der Waals surface area contributed by atoms with Gasteiger partial charge in [0.15, 0.2) is 0 Å². The van der Waals surface area contributed by atoms with Gasteiger partial charge in [0.05, 0.1) is 4.92 Å². The minimum atomic E-state index is -0.334. The number of nitrogens with zero attached hydrogens (tertiary/aromatic N) is 2. The summed E-state index contributed by atoms with van der Waals surface area (Å²) in [5.41, 5.74) is 7.90. The maximum Gasteiger partial charge on any atom is 0.269 e. The number of hydrogen-bond acceptors (Lipinski definition) is 4. The molecule has 0 amide bonds. The molecule has 2 rings (SSSR count). The minimum Gasteiger partial charge on any atom is -0.371 e. The van der Waals surface area contributed by atoms with Crippen LogP contribution < -0.4 is 10.6 Å². The zero-order valence-corrected chi connectivity index (χ0v) is 10.5. The maximum absolute atomic E-state index is 10.8. The summed E-state index contributed by atoms with van der Waals surface area (Å²) in [6, 6.07) is 5.18. The number of nitrogens with two attached hydrogens (primary N) is 1. The van der Waals surface area contributed by atoms with Crippen LogP contribution in [0.15, 0.2) is 18.2 Å². The third-order valence-corrected chi connectivity index (χ3v) is 3.37. The molecule has 0 atom stereocenters. The Hall–Kier alpha value is -1.62. The van der Waals surface area contributed by atoms with Crippen molar-refractivity contribution in [3.8, 4) is 0 Å². The van der Waals surface area contributed by atoms with Crippen LogP contribution in [0.4, 0.5) is 11.4 Å². The largest absolute Gasteiger partial charge is 0.371 e. The van der Waals surface area contributed by atoms with Crippen molar-refractivity contribution in [3.63, 3.8) is 0 Å². The van der Waals surface area contributed by atoms with Gasteiger partial charge in [0.25, 0.3) is 5.69 Å². The van der Waals surface area contributed by atoms with Crippen LogP contribution in [0.1, 0.15) is 24.8 Å². The van der Waals surface area contributed by atoms with Crippen molar-refractivity contribution < 1.29 is 4.92 Å². The van der Waals surface area contributed by atoms with E-state index in [2.05, 4.69) is 4.90 Å². The van der Waals surface area contributed by atoms with Crippen LogP contribution in [0.3, 0.4) is 0 Å². The first-order chi connectivity index (χ1) is 8.72. The topological polar surface area (TPSA) is 72.4 Å². The molecule has 0 saturated carbocycles. The standard InChI is InChI=1S/C13H19N3O2/c14-7-3-4-11-10-12(16(17)18)5-6-13(11)15-8-1-2-9-15/h5-6,10H,1-4,7-9,14H2. The monoisotopic (exact) mass is 249 g/mol. The Morgan fingerprint density at radius 2 is 2.06 bits per heavy atom. The van der Waals surface area contributed by atoms with Gasteiger partial charge in [-0.15, -0.1) is 0 Å². The number of aryl methyl sites for hydroxylation is 1. The molecule has 98 valence electrons. The van der Waals surface area contributed by atoms with E-state index in [1.165, 1.54) is 12.8 Å². The first-order valence-electron chi connectivity index (χ1n) is 6.44. The predicted molar refractivity (Wildman–Crippen MR) is 71.9 cm³/mol. The van der Waals surface area contributed by atoms with Crippen LogP contribution in [-0.2, 0) is 6.42 Å². The fraction of sp³-hybridized carbons (Fsp3) is 0.538. The Morgan fingerprint density at radius 3 is 2.67 bits per heavy atom. The normalized spacial score (nSPS) is 15.1. The van der Waals surface area contributed by atoms with Crippen LogP contribution in [0.2, 0.25) is 0 Å². The molecule has 1 aliphatic heterocycles. The lowest BCUT2D eigenvalue weighted by molar-refractivity contribution is -0.384. The molecule has 0 radical (unpaired) electrons. The molecular formula is C13H19N3O2. The van der Waals surface area contributed by atoms with Gasteiger partial charge in [-0.1, -0.05) is 0 Å². The number of nitro benzene ring substituents is 1. The van der Waals surface area contributed by atoms with E-state index in [0.717, 1.165) is 37.2 Å². The zero-order valence-electron chi connectivity index (χ0n) is 10.5. The number of rotatable bonds is 5. The van der Waals surface area contributed by atoms with Crippen molar-refractivity contribution in [2.75, 3.05) is 24.5 Å². The summed E-state index contributed by atoms with van der Waals surface area (Å²) in [7, 11) is 0. The number of non-ortho nitro benzene ring substituents is 1. The molecule has 18 heavy (non-hydrogen) atoms. The second-order valence-corrected chi connectivity index (χ2v) is 4.66. The highest BCUT2D eigenvalue weighted by molar-refractivity contribution is 5.58. The van der Waals surface area contributed by atoms with Crippen molar-refractivity contribution in [1.82, 2.24) is 0 Å². The van der Waals surface area contributed by atoms with E-state index in [1.54, 1.807) is 12.1 Å². The highest BCUT2D eigenvalue weighted by atomic mass is 16.6. The quantitative estimate of drug-likeness (QED) is 0.640. The lowest BCUT2D eigenvalue weighted by atomic mass is 10.1. The molecule has 1 aromatic carbocycles. The average molecular weight is 249 g/mol. The summed E-state index contributed by atoms with van der Waals surface area (Å²) in [5.74, 6) is 0. The first kappa shape index (κ1) is 12.8. The van der Waals surface area contributed by atoms with Crippen LogP contribution in [0.25, 0.3) is 0 Å². The molecule has 2 N–H and O–H groups in total. The molecular weight excluding hydrogens is 230 g/mol. The smallest absolute Gasteiger partial charge is 0.269 e. The van der Waals surface area contributed by atoms with E-state index in [0.29, 0.717) is 6.54 Å². The molecule has 0 spiro atoms. The highest BCUT2D eigenvalue weighted by Crippen LogP contribution is 2.29. The van der Waals surface area contributed by atoms with Crippen molar-refractivity contribution in [2.45, 2.75) is 25.7 Å². The van der Waals surface area contributed by atoms with E-state index >= 15 is 0 Å². The van der Waals surface area contributed by atoms with Gasteiger partial charge in [-0.2, -0.15) is 0 Å². The Kier molecular flexibility index (Phi) is 4.15. The molecule has 1 aliphatic rings. The molecule has 1 fully saturated rings. The van der Waals surface area contributed by atoms with Crippen molar-refractivity contribution >= 4 is 11.4 Å². The maximum atomic E-state index is 10.8. The Morgan fingerprint density at radius 1 is 1.33 bits per heavy atom. The molecule has 5 nitrogen and oxygen atoms in total. The Bertz CT molecular complexity index is 428. The Labute approximate surface area is 107 Å². The van der Waals surface area contributed by atoms with Crippen LogP contribution in [0.5, 0.6) is 0 Å². The fourth-order valence-corrected chi connectivity index (χ4v) is 2.44. The SMILES string of the molecule is NCCCc1cc([N+](=O)[O-])ccc1N1CCCC1. The van der Waals surface area contributed by atoms with Gasteiger partial charge in [0.1, 0.15) is 0 Å². The van der Waals surface area contributed by atoms with Crippen LogP contribution >= 0.6 is 0 Å². The molecule has 1 heterocycles. The van der Waals surface area contributed by atoms with Gasteiger partial charge in [-0.05, 0) is 43.9 Å². The number of benzene rings is 1. The van der Waals surface area contributed by atoms with E-state index in [9.17, 15) is 10.1 Å². The second-order valence-electron chi connectivity index (χ2n) is 4.66. The number of hydrogen-bond donors (Lipinski definition) is 1. The molecule has 0 aromatic heterocycles. The third-order valence-electron chi connectivity index (χ3n) is 3.37. The van der Waals surface area contributed by atoms with E-state index in [4.69, 9.17) is 5.73 Å². The number of anilines is 1. The van der Waals surface area contributed by atoms with Gasteiger partial charge in [-0.25, -0.2) is 0 Å². The molecule has 1 saturated heterocycles. The van der Waals surface area contributed by atoms with E-state index in [1.807, 2.05) is 6.07 Å². The second kappa shape index (κ2) is 5.82. The van der Waals surface area contributed by atoms with Gasteiger partial charge < -0.3 is 10.6 Å².